The van der Waals surface area contributed by atoms with Crippen LogP contribution in [-0.4, -0.2) is 121 Å². The third-order valence-corrected chi connectivity index (χ3v) is 14.9. The summed E-state index contributed by atoms with van der Waals surface area (Å²) in [5.74, 6) is 5.12. The van der Waals surface area contributed by atoms with Gasteiger partial charge < -0.3 is 86.2 Å². The number of ether oxygens (including phenoxy) is 2. The number of quaternary nitrogens is 2. The summed E-state index contributed by atoms with van der Waals surface area (Å²) in [6.07, 6.45) is 19.4. The molecule has 23 heteroatoms. The summed E-state index contributed by atoms with van der Waals surface area (Å²) < 4.78 is 131. The van der Waals surface area contributed by atoms with E-state index in [0.717, 1.165) is 73.9 Å². The van der Waals surface area contributed by atoms with Gasteiger partial charge in [-0.1, -0.05) is 19.9 Å². The van der Waals surface area contributed by atoms with Gasteiger partial charge in [0, 0.05) is 91.9 Å². The molecule has 0 saturated carbocycles. The first kappa shape index (κ1) is 55.1. The van der Waals surface area contributed by atoms with Gasteiger partial charge in [0.25, 0.3) is 0 Å². The van der Waals surface area contributed by atoms with E-state index in [1.807, 2.05) is 12.1 Å². The van der Waals surface area contributed by atoms with E-state index in [9.17, 15) is 62.0 Å². The number of nitrogens with one attached hydrogen (secondary N) is 2. The standard InChI is InChI=1S/C45H63N4O4.3BF4/c1-5-30-28-48-20-14-32(30)24-42(48)44(50)36-16-22-46(40-12-10-34(52-3)26-38(36)40)18-8-7-9-19-47-23-17-37(39-27-35(53-4)11-13-41(39)47)45(51)43-25-33-15-21-49(43)29-31(33)6-2;3*2-1(3,4)5/h7-13,18-19,26-27,30-33,36-37,42-45,50-51H,5-6,14-17,20-25,28-29H2,1-4H3;;;/q+1;3*-1/p+2/t30-,31-,32-,33-,36?,37?,42-,43-,44+,45+;;;/m0.../s1. The first-order valence-corrected chi connectivity index (χ1v) is 23.6. The van der Waals surface area contributed by atoms with E-state index in [4.69, 9.17) is 9.47 Å². The van der Waals surface area contributed by atoms with Gasteiger partial charge >= 0.3 is 21.8 Å². The number of halogens is 12. The Bertz CT molecular complexity index is 1980. The van der Waals surface area contributed by atoms with E-state index in [1.165, 1.54) is 74.4 Å². The smallest absolute Gasteiger partial charge is 0.497 e. The number of fused-ring (bicyclic) bond motifs is 8. The first-order chi connectivity index (χ1) is 31.9. The SMILES string of the molecule is CC[C@H]1C[NH+]2CC[C@H]1C[C@H]2[C@H](O)C1CCN(/C=C/C=C/C=[N+]2CCC([C@@H](O)[C@@H]3C[C@@H]4CC[NH+]3C[C@@H]4CC)c3cc(OC)ccc32)c2ccc(OC)cc21.F[B-](F)(F)F.F[B-](F)(F)F.F[B-](F)(F)F. The molecule has 2 aromatic carbocycles. The Labute approximate surface area is 391 Å². The molecule has 8 aliphatic heterocycles. The molecule has 8 aliphatic rings. The Morgan fingerprint density at radius 3 is 1.59 bits per heavy atom. The zero-order valence-corrected chi connectivity index (χ0v) is 38.9. The average Bonchev–Trinajstić information content (AvgIpc) is 3.29. The molecule has 382 valence electrons. The van der Waals surface area contributed by atoms with Crippen molar-refractivity contribution in [2.24, 2.45) is 23.7 Å². The number of aliphatic hydroxyl groups excluding tert-OH is 2. The van der Waals surface area contributed by atoms with Gasteiger partial charge in [-0.25, -0.2) is 0 Å². The fourth-order valence-electron chi connectivity index (χ4n) is 11.9. The van der Waals surface area contributed by atoms with Gasteiger partial charge in [-0.3, -0.25) is 0 Å². The molecule has 12 atom stereocenters. The molecule has 68 heavy (non-hydrogen) atoms. The van der Waals surface area contributed by atoms with Gasteiger partial charge in [0.15, 0.2) is 6.21 Å². The van der Waals surface area contributed by atoms with Crippen LogP contribution in [0.4, 0.5) is 63.2 Å². The van der Waals surface area contributed by atoms with Gasteiger partial charge in [0.05, 0.1) is 40.4 Å². The van der Waals surface area contributed by atoms with Crippen molar-refractivity contribution in [3.8, 4) is 11.5 Å². The highest BCUT2D eigenvalue weighted by Crippen LogP contribution is 2.43. The van der Waals surface area contributed by atoms with Crippen molar-refractivity contribution in [3.05, 3.63) is 72.0 Å². The molecule has 10 rings (SSSR count). The predicted octanol–water partition coefficient (Wildman–Crippen LogP) is 8.00. The lowest BCUT2D eigenvalue weighted by Gasteiger charge is -2.50. The Balaban J connectivity index is 0.000000503. The minimum Gasteiger partial charge on any atom is -0.497 e. The Morgan fingerprint density at radius 1 is 0.662 bits per heavy atom. The van der Waals surface area contributed by atoms with Crippen molar-refractivity contribution in [3.63, 3.8) is 0 Å². The minimum atomic E-state index is -6.00. The molecule has 0 spiro atoms. The van der Waals surface area contributed by atoms with Crippen LogP contribution in [0.25, 0.3) is 0 Å². The van der Waals surface area contributed by atoms with Gasteiger partial charge in [0.2, 0.25) is 5.69 Å². The number of benzene rings is 2. The van der Waals surface area contributed by atoms with E-state index in [-0.39, 0.29) is 24.0 Å². The largest absolute Gasteiger partial charge is 0.673 e. The van der Waals surface area contributed by atoms with Crippen LogP contribution in [0, 0.1) is 23.7 Å². The Kier molecular flexibility index (Phi) is 19.3. The molecule has 4 N–H and O–H groups in total. The molecule has 0 aromatic heterocycles. The monoisotopic (exact) mass is 987 g/mol. The zero-order valence-electron chi connectivity index (χ0n) is 38.9. The highest BCUT2D eigenvalue weighted by atomic mass is 19.5. The maximum Gasteiger partial charge on any atom is 0.673 e. The maximum atomic E-state index is 12.0. The molecule has 0 radical (unpaired) electrons. The molecule has 2 aromatic rings. The summed E-state index contributed by atoms with van der Waals surface area (Å²) in [5, 5.41) is 23.9. The van der Waals surface area contributed by atoms with Crippen molar-refractivity contribution in [1.82, 2.24) is 0 Å². The summed E-state index contributed by atoms with van der Waals surface area (Å²) in [6, 6.07) is 13.4. The lowest BCUT2D eigenvalue weighted by atomic mass is 9.70. The van der Waals surface area contributed by atoms with Crippen molar-refractivity contribution >= 4 is 39.4 Å². The molecular formula is C45H65B3F12N4O4. The van der Waals surface area contributed by atoms with Gasteiger partial charge in [-0.15, -0.1) is 0 Å². The third kappa shape index (κ3) is 15.6. The number of aliphatic hydroxyl groups is 2. The summed E-state index contributed by atoms with van der Waals surface area (Å²) >= 11 is 0. The van der Waals surface area contributed by atoms with Crippen LogP contribution < -0.4 is 24.2 Å². The van der Waals surface area contributed by atoms with Gasteiger partial charge in [0.1, 0.15) is 42.3 Å². The number of nitrogens with zero attached hydrogens (tertiary/aromatic N) is 2. The molecule has 6 saturated heterocycles. The van der Waals surface area contributed by atoms with E-state index in [2.05, 4.69) is 78.2 Å². The minimum absolute atomic E-state index is 0.116. The fraction of sp³-hybridized carbons (Fsp3) is 0.622. The lowest BCUT2D eigenvalue weighted by Crippen LogP contribution is -3.20. The van der Waals surface area contributed by atoms with E-state index in [1.54, 1.807) is 24.0 Å². The van der Waals surface area contributed by atoms with E-state index in [0.29, 0.717) is 12.1 Å². The highest BCUT2D eigenvalue weighted by molar-refractivity contribution is 6.50. The van der Waals surface area contributed by atoms with Crippen LogP contribution in [-0.2, 0) is 0 Å². The molecular weight excluding hydrogens is 921 g/mol. The second-order valence-electron chi connectivity index (χ2n) is 18.7. The zero-order chi connectivity index (χ0) is 50.1. The number of rotatable bonds is 11. The van der Waals surface area contributed by atoms with Crippen LogP contribution in [0.15, 0.2) is 60.8 Å². The number of allylic oxidation sites excluding steroid dienone is 3. The summed E-state index contributed by atoms with van der Waals surface area (Å²) in [5.41, 5.74) is 4.76. The first-order valence-electron chi connectivity index (χ1n) is 23.6. The van der Waals surface area contributed by atoms with Gasteiger partial charge in [-0.05, 0) is 73.1 Å². The highest BCUT2D eigenvalue weighted by Gasteiger charge is 2.50. The number of hydrogen-bond acceptors (Lipinski definition) is 5. The van der Waals surface area contributed by atoms with Crippen LogP contribution in [0.1, 0.15) is 88.2 Å². The van der Waals surface area contributed by atoms with Crippen LogP contribution in [0.3, 0.4) is 0 Å². The Hall–Kier alpha value is -3.82. The number of methoxy groups -OCH3 is 2. The molecule has 8 nitrogen and oxygen atoms in total. The number of piperidine rings is 6. The second-order valence-corrected chi connectivity index (χ2v) is 18.7. The molecule has 8 heterocycles. The molecule has 6 fully saturated rings. The fourth-order valence-corrected chi connectivity index (χ4v) is 11.9. The van der Waals surface area contributed by atoms with Crippen molar-refractivity contribution < 1.29 is 85.9 Å². The number of hydrogen-bond donors (Lipinski definition) is 4. The van der Waals surface area contributed by atoms with E-state index < -0.39 is 21.8 Å². The topological polar surface area (TPSA) is 74.1 Å². The maximum absolute atomic E-state index is 12.0. The number of anilines is 1. The third-order valence-electron chi connectivity index (χ3n) is 14.9. The molecule has 4 bridgehead atoms. The molecule has 0 aliphatic carbocycles. The van der Waals surface area contributed by atoms with Crippen molar-refractivity contribution in [2.75, 3.05) is 58.4 Å². The van der Waals surface area contributed by atoms with Crippen LogP contribution in [0.2, 0.25) is 0 Å². The second kappa shape index (κ2) is 23.9. The molecule has 0 amide bonds. The van der Waals surface area contributed by atoms with Crippen molar-refractivity contribution in [2.45, 2.75) is 101 Å². The summed E-state index contributed by atoms with van der Waals surface area (Å²) in [7, 11) is -14.5. The summed E-state index contributed by atoms with van der Waals surface area (Å²) in [4.78, 5) is 5.59. The van der Waals surface area contributed by atoms with Crippen molar-refractivity contribution in [1.29, 1.82) is 0 Å². The van der Waals surface area contributed by atoms with E-state index >= 15 is 0 Å². The van der Waals surface area contributed by atoms with Gasteiger partial charge in [-0.2, -0.15) is 4.58 Å². The average molecular weight is 986 g/mol. The quantitative estimate of drug-likeness (QED) is 0.0796. The van der Waals surface area contributed by atoms with Crippen LogP contribution in [0.5, 0.6) is 11.5 Å². The Morgan fingerprint density at radius 2 is 1.13 bits per heavy atom. The lowest BCUT2D eigenvalue weighted by molar-refractivity contribution is -0.950. The summed E-state index contributed by atoms with van der Waals surface area (Å²) in [6.45, 7) is 11.3. The predicted molar refractivity (Wildman–Crippen MR) is 242 cm³/mol. The molecule has 4 unspecified atom stereocenters. The van der Waals surface area contributed by atoms with Crippen LogP contribution >= 0.6 is 0 Å². The normalized spacial score (nSPS) is 30.3.